The van der Waals surface area contributed by atoms with Gasteiger partial charge in [0.25, 0.3) is 0 Å². The summed E-state index contributed by atoms with van der Waals surface area (Å²) in [6, 6.07) is 27.1. The zero-order chi connectivity index (χ0) is 23.4. The molecule has 4 aromatic carbocycles. The van der Waals surface area contributed by atoms with Crippen molar-refractivity contribution in [2.24, 2.45) is 0 Å². The minimum atomic E-state index is -3.66. The lowest BCUT2D eigenvalue weighted by Gasteiger charge is -2.22. The molecule has 4 aromatic rings. The van der Waals surface area contributed by atoms with Crippen molar-refractivity contribution in [3.63, 3.8) is 0 Å². The molecular formula is C27H22O4S2. The average molecular weight is 475 g/mol. The lowest BCUT2D eigenvalue weighted by Crippen LogP contribution is -2.16. The van der Waals surface area contributed by atoms with Gasteiger partial charge in [-0.25, -0.2) is 16.8 Å². The van der Waals surface area contributed by atoms with Crippen LogP contribution in [-0.2, 0) is 25.1 Å². The van der Waals surface area contributed by atoms with Gasteiger partial charge >= 0.3 is 0 Å². The van der Waals surface area contributed by atoms with Crippen LogP contribution in [0.2, 0.25) is 0 Å². The van der Waals surface area contributed by atoms with Gasteiger partial charge in [0, 0.05) is 5.41 Å². The summed E-state index contributed by atoms with van der Waals surface area (Å²) in [5, 5.41) is 0. The van der Waals surface area contributed by atoms with Gasteiger partial charge in [0.05, 0.1) is 19.6 Å². The first-order valence-corrected chi connectivity index (χ1v) is 13.5. The Bertz CT molecular complexity index is 1470. The topological polar surface area (TPSA) is 68.3 Å². The second kappa shape index (κ2) is 7.40. The van der Waals surface area contributed by atoms with Crippen LogP contribution in [0.3, 0.4) is 0 Å². The fourth-order valence-corrected chi connectivity index (χ4v) is 7.12. The Morgan fingerprint density at radius 2 is 0.848 bits per heavy atom. The molecule has 0 spiro atoms. The van der Waals surface area contributed by atoms with Crippen LogP contribution in [0.4, 0.5) is 0 Å². The van der Waals surface area contributed by atoms with Gasteiger partial charge in [0.1, 0.15) is 0 Å². The second-order valence-electron chi connectivity index (χ2n) is 8.67. The summed E-state index contributed by atoms with van der Waals surface area (Å²) in [5.41, 5.74) is 3.01. The fourth-order valence-electron chi connectivity index (χ4n) is 4.50. The number of hydrogen-bond donors (Lipinski definition) is 0. The molecule has 0 radical (unpaired) electrons. The molecule has 0 fully saturated rings. The van der Waals surface area contributed by atoms with E-state index in [9.17, 15) is 16.8 Å². The molecule has 5 rings (SSSR count). The Morgan fingerprint density at radius 1 is 0.485 bits per heavy atom. The van der Waals surface area contributed by atoms with Crippen molar-refractivity contribution in [2.75, 3.05) is 0 Å². The molecule has 0 aromatic heterocycles. The van der Waals surface area contributed by atoms with Gasteiger partial charge in [-0.05, 0) is 70.8 Å². The summed E-state index contributed by atoms with van der Waals surface area (Å²) in [7, 11) is -7.32. The van der Waals surface area contributed by atoms with E-state index in [-0.39, 0.29) is 19.6 Å². The minimum Gasteiger partial charge on any atom is -0.219 e. The number of fused-ring (bicyclic) bond motifs is 3. The predicted octanol–water partition coefficient (Wildman–Crippen LogP) is 5.66. The Hall–Kier alpha value is -3.22. The zero-order valence-corrected chi connectivity index (χ0v) is 19.8. The third-order valence-electron chi connectivity index (χ3n) is 6.35. The summed E-state index contributed by atoms with van der Waals surface area (Å²) >= 11 is 0. The van der Waals surface area contributed by atoms with Crippen molar-refractivity contribution in [1.29, 1.82) is 0 Å². The molecule has 1 aliphatic carbocycles. The van der Waals surface area contributed by atoms with Crippen molar-refractivity contribution >= 4 is 19.7 Å². The molecule has 4 nitrogen and oxygen atoms in total. The van der Waals surface area contributed by atoms with E-state index in [2.05, 4.69) is 0 Å². The summed E-state index contributed by atoms with van der Waals surface area (Å²) in [4.78, 5) is 0.944. The molecule has 0 saturated heterocycles. The van der Waals surface area contributed by atoms with Gasteiger partial charge < -0.3 is 0 Å². The number of sulfone groups is 2. The second-order valence-corrected chi connectivity index (χ2v) is 12.6. The summed E-state index contributed by atoms with van der Waals surface area (Å²) < 4.78 is 52.7. The molecule has 0 aliphatic heterocycles. The van der Waals surface area contributed by atoms with Gasteiger partial charge in [-0.15, -0.1) is 0 Å². The first-order chi connectivity index (χ1) is 15.6. The first-order valence-electron chi connectivity index (χ1n) is 10.5. The van der Waals surface area contributed by atoms with E-state index in [1.165, 1.54) is 0 Å². The Morgan fingerprint density at radius 3 is 1.21 bits per heavy atom. The highest BCUT2D eigenvalue weighted by molar-refractivity contribution is 7.91. The molecule has 0 bridgehead atoms. The normalized spacial score (nSPS) is 14.5. The van der Waals surface area contributed by atoms with Crippen molar-refractivity contribution in [3.05, 3.63) is 108 Å². The predicted molar refractivity (Wildman–Crippen MR) is 128 cm³/mol. The summed E-state index contributed by atoms with van der Waals surface area (Å²) in [5.74, 6) is 0. The summed E-state index contributed by atoms with van der Waals surface area (Å²) in [6.45, 7) is 3.99. The third-order valence-corrected chi connectivity index (χ3v) is 9.88. The van der Waals surface area contributed by atoms with Gasteiger partial charge in [0.15, 0.2) is 0 Å². The van der Waals surface area contributed by atoms with Crippen LogP contribution in [0, 0.1) is 0 Å². The highest BCUT2D eigenvalue weighted by atomic mass is 32.2. The average Bonchev–Trinajstić information content (AvgIpc) is 3.06. The Balaban J connectivity index is 1.63. The zero-order valence-electron chi connectivity index (χ0n) is 18.2. The molecule has 33 heavy (non-hydrogen) atoms. The van der Waals surface area contributed by atoms with Gasteiger partial charge in [-0.1, -0.05) is 62.4 Å². The van der Waals surface area contributed by atoms with Gasteiger partial charge in [-0.3, -0.25) is 0 Å². The van der Waals surface area contributed by atoms with Crippen LogP contribution in [0.15, 0.2) is 117 Å². The lowest BCUT2D eigenvalue weighted by molar-refractivity contribution is 0.594. The number of benzene rings is 4. The largest absolute Gasteiger partial charge is 0.219 e. The SMILES string of the molecule is CC1(C)c2cc(S(=O)(=O)c3ccccc3)ccc2-c2ccc(S(=O)(=O)c3ccccc3)cc21. The molecule has 0 amide bonds. The number of rotatable bonds is 4. The quantitative estimate of drug-likeness (QED) is 0.383. The maximum Gasteiger partial charge on any atom is 0.206 e. The summed E-state index contributed by atoms with van der Waals surface area (Å²) in [6.07, 6.45) is 0. The molecule has 166 valence electrons. The van der Waals surface area contributed by atoms with Crippen LogP contribution in [0.1, 0.15) is 25.0 Å². The van der Waals surface area contributed by atoms with Crippen molar-refractivity contribution in [1.82, 2.24) is 0 Å². The molecular weight excluding hydrogens is 452 g/mol. The molecule has 6 heteroatoms. The molecule has 1 aliphatic rings. The van der Waals surface area contributed by atoms with Crippen LogP contribution in [0.5, 0.6) is 0 Å². The van der Waals surface area contributed by atoms with E-state index in [1.807, 2.05) is 26.0 Å². The molecule has 0 atom stereocenters. The number of hydrogen-bond acceptors (Lipinski definition) is 4. The molecule has 0 heterocycles. The smallest absolute Gasteiger partial charge is 0.206 e. The minimum absolute atomic E-state index is 0.227. The van der Waals surface area contributed by atoms with Crippen molar-refractivity contribution in [2.45, 2.75) is 38.8 Å². The van der Waals surface area contributed by atoms with Crippen LogP contribution in [0.25, 0.3) is 11.1 Å². The van der Waals surface area contributed by atoms with E-state index in [4.69, 9.17) is 0 Å². The van der Waals surface area contributed by atoms with Gasteiger partial charge in [0.2, 0.25) is 19.7 Å². The standard InChI is InChI=1S/C27H22O4S2/c1-27(2)25-17-21(32(28,29)19-9-5-3-6-10-19)13-15-23(25)24-16-14-22(18-26(24)27)33(30,31)20-11-7-4-8-12-20/h3-18H,1-2H3. The Kier molecular flexibility index (Phi) is 4.85. The third kappa shape index (κ3) is 3.33. The van der Waals surface area contributed by atoms with Crippen molar-refractivity contribution in [3.8, 4) is 11.1 Å². The van der Waals surface area contributed by atoms with E-state index in [0.29, 0.717) is 0 Å². The maximum absolute atomic E-state index is 13.2. The van der Waals surface area contributed by atoms with E-state index in [0.717, 1.165) is 22.3 Å². The molecule has 0 saturated carbocycles. The van der Waals surface area contributed by atoms with E-state index >= 15 is 0 Å². The first kappa shape index (κ1) is 21.6. The van der Waals surface area contributed by atoms with Crippen LogP contribution < -0.4 is 0 Å². The highest BCUT2D eigenvalue weighted by Gasteiger charge is 2.37. The van der Waals surface area contributed by atoms with E-state index in [1.54, 1.807) is 84.9 Å². The molecule has 0 unspecified atom stereocenters. The maximum atomic E-state index is 13.2. The van der Waals surface area contributed by atoms with Crippen LogP contribution in [-0.4, -0.2) is 16.8 Å². The monoisotopic (exact) mass is 474 g/mol. The van der Waals surface area contributed by atoms with E-state index < -0.39 is 25.1 Å². The highest BCUT2D eigenvalue weighted by Crippen LogP contribution is 2.50. The lowest BCUT2D eigenvalue weighted by atomic mass is 9.82. The molecule has 0 N–H and O–H groups in total. The van der Waals surface area contributed by atoms with Crippen LogP contribution >= 0.6 is 0 Å². The fraction of sp³-hybridized carbons (Fsp3) is 0.111. The van der Waals surface area contributed by atoms with Gasteiger partial charge in [-0.2, -0.15) is 0 Å². The van der Waals surface area contributed by atoms with Crippen molar-refractivity contribution < 1.29 is 16.8 Å². The Labute approximate surface area is 194 Å².